The molecule has 0 saturated heterocycles. The number of unbranched alkanes of at least 4 members (excludes halogenated alkanes) is 2. The Balaban J connectivity index is 2.75. The quantitative estimate of drug-likeness (QED) is 0.748. The molecule has 1 rings (SSSR count). The van der Waals surface area contributed by atoms with E-state index in [0.29, 0.717) is 6.54 Å². The summed E-state index contributed by atoms with van der Waals surface area (Å²) in [5.74, 6) is 0. The summed E-state index contributed by atoms with van der Waals surface area (Å²) in [7, 11) is -3.64. The summed E-state index contributed by atoms with van der Waals surface area (Å²) in [5, 5.41) is 9.01. The minimum atomic E-state index is -3.64. The number of nitriles is 1. The molecule has 0 unspecified atom stereocenters. The second kappa shape index (κ2) is 7.58. The zero-order valence-corrected chi connectivity index (χ0v) is 13.8. The van der Waals surface area contributed by atoms with Crippen molar-refractivity contribution in [3.63, 3.8) is 0 Å². The van der Waals surface area contributed by atoms with E-state index in [1.54, 1.807) is 12.1 Å². The highest BCUT2D eigenvalue weighted by atomic mass is 32.2. The molecule has 1 N–H and O–H groups in total. The van der Waals surface area contributed by atoms with Crippen molar-refractivity contribution >= 4 is 10.0 Å². The third kappa shape index (κ3) is 5.49. The van der Waals surface area contributed by atoms with Gasteiger partial charge in [-0.05, 0) is 24.0 Å². The molecule has 116 valence electrons. The van der Waals surface area contributed by atoms with Crippen molar-refractivity contribution in [3.8, 4) is 6.07 Å². The number of nitrogens with one attached hydrogen (secondary N) is 1. The lowest BCUT2D eigenvalue weighted by atomic mass is 9.87. The van der Waals surface area contributed by atoms with Crippen LogP contribution in [0.3, 0.4) is 0 Å². The van der Waals surface area contributed by atoms with Crippen LogP contribution in [0.4, 0.5) is 0 Å². The molecule has 0 saturated carbocycles. The highest BCUT2D eigenvalue weighted by molar-refractivity contribution is 7.89. The van der Waals surface area contributed by atoms with E-state index < -0.39 is 10.0 Å². The van der Waals surface area contributed by atoms with Gasteiger partial charge in [-0.15, -0.1) is 0 Å². The van der Waals surface area contributed by atoms with Crippen LogP contribution in [0.1, 0.15) is 52.0 Å². The van der Waals surface area contributed by atoms with E-state index in [9.17, 15) is 8.42 Å². The Hall–Kier alpha value is -1.38. The van der Waals surface area contributed by atoms with E-state index in [1.165, 1.54) is 12.1 Å². The largest absolute Gasteiger partial charge is 0.241 e. The number of rotatable bonds is 8. The van der Waals surface area contributed by atoms with Gasteiger partial charge in [-0.2, -0.15) is 5.26 Å². The molecule has 4 nitrogen and oxygen atoms in total. The van der Waals surface area contributed by atoms with Crippen LogP contribution in [-0.4, -0.2) is 15.0 Å². The number of benzene rings is 1. The summed E-state index contributed by atoms with van der Waals surface area (Å²) in [5.41, 5.74) is 0.0814. The maximum absolute atomic E-state index is 12.3. The molecule has 0 radical (unpaired) electrons. The summed E-state index contributed by atoms with van der Waals surface area (Å²) < 4.78 is 27.3. The molecule has 21 heavy (non-hydrogen) atoms. The van der Waals surface area contributed by atoms with Crippen molar-refractivity contribution in [2.45, 2.75) is 51.3 Å². The number of hydrogen-bond acceptors (Lipinski definition) is 3. The lowest BCUT2D eigenvalue weighted by Gasteiger charge is -2.25. The van der Waals surface area contributed by atoms with Gasteiger partial charge in [0.1, 0.15) is 6.07 Å². The smallest absolute Gasteiger partial charge is 0.211 e. The first kappa shape index (κ1) is 17.7. The molecule has 0 aliphatic rings. The first-order valence-electron chi connectivity index (χ1n) is 7.31. The maximum atomic E-state index is 12.3. The number of nitrogens with zero attached hydrogens (tertiary/aromatic N) is 1. The summed E-state index contributed by atoms with van der Waals surface area (Å²) in [6, 6.07) is 8.19. The van der Waals surface area contributed by atoms with Gasteiger partial charge in [0.05, 0.1) is 10.5 Å². The Labute approximate surface area is 128 Å². The average Bonchev–Trinajstić information content (AvgIpc) is 2.45. The zero-order chi connectivity index (χ0) is 15.9. The third-order valence-corrected chi connectivity index (χ3v) is 4.95. The van der Waals surface area contributed by atoms with Crippen molar-refractivity contribution in [2.24, 2.45) is 5.41 Å². The maximum Gasteiger partial charge on any atom is 0.241 e. The topological polar surface area (TPSA) is 70.0 Å². The molecule has 0 amide bonds. The Morgan fingerprint density at radius 2 is 1.90 bits per heavy atom. The van der Waals surface area contributed by atoms with Gasteiger partial charge < -0.3 is 0 Å². The lowest BCUT2D eigenvalue weighted by molar-refractivity contribution is 0.320. The van der Waals surface area contributed by atoms with E-state index in [-0.39, 0.29) is 15.9 Å². The minimum Gasteiger partial charge on any atom is -0.211 e. The van der Waals surface area contributed by atoms with E-state index in [2.05, 4.69) is 25.5 Å². The molecular weight excluding hydrogens is 284 g/mol. The first-order chi connectivity index (χ1) is 9.82. The SMILES string of the molecule is CCCCCC(C)(C)CNS(=O)(=O)c1ccccc1C#N. The fourth-order valence-electron chi connectivity index (χ4n) is 2.10. The van der Waals surface area contributed by atoms with Crippen LogP contribution in [0.5, 0.6) is 0 Å². The van der Waals surface area contributed by atoms with Gasteiger partial charge in [0.2, 0.25) is 10.0 Å². The molecule has 0 heterocycles. The molecule has 0 aliphatic heterocycles. The third-order valence-electron chi connectivity index (χ3n) is 3.49. The van der Waals surface area contributed by atoms with E-state index in [1.807, 2.05) is 6.07 Å². The van der Waals surface area contributed by atoms with Crippen molar-refractivity contribution in [3.05, 3.63) is 29.8 Å². The minimum absolute atomic E-state index is 0.0526. The molecule has 0 atom stereocenters. The van der Waals surface area contributed by atoms with Crippen molar-refractivity contribution in [2.75, 3.05) is 6.54 Å². The van der Waals surface area contributed by atoms with Crippen LogP contribution in [0.2, 0.25) is 0 Å². The molecule has 1 aromatic rings. The second-order valence-corrected chi connectivity index (χ2v) is 7.79. The molecular formula is C16H24N2O2S. The molecule has 1 aromatic carbocycles. The van der Waals surface area contributed by atoms with E-state index in [4.69, 9.17) is 5.26 Å². The summed E-state index contributed by atoms with van der Waals surface area (Å²) in [6.45, 7) is 6.64. The Morgan fingerprint density at radius 3 is 2.52 bits per heavy atom. The Bertz CT molecular complexity index is 601. The normalized spacial score (nSPS) is 12.1. The van der Waals surface area contributed by atoms with Gasteiger partial charge in [-0.1, -0.05) is 52.2 Å². The highest BCUT2D eigenvalue weighted by Crippen LogP contribution is 2.24. The molecule has 0 aromatic heterocycles. The number of sulfonamides is 1. The van der Waals surface area contributed by atoms with Crippen LogP contribution in [0, 0.1) is 16.7 Å². The first-order valence-corrected chi connectivity index (χ1v) is 8.79. The summed E-state index contributed by atoms with van der Waals surface area (Å²) in [4.78, 5) is 0.0526. The average molecular weight is 308 g/mol. The van der Waals surface area contributed by atoms with Crippen molar-refractivity contribution in [1.82, 2.24) is 4.72 Å². The van der Waals surface area contributed by atoms with Gasteiger partial charge in [0.25, 0.3) is 0 Å². The molecule has 0 spiro atoms. The highest BCUT2D eigenvalue weighted by Gasteiger charge is 2.23. The van der Waals surface area contributed by atoms with E-state index in [0.717, 1.165) is 25.7 Å². The van der Waals surface area contributed by atoms with Crippen LogP contribution >= 0.6 is 0 Å². The van der Waals surface area contributed by atoms with Gasteiger partial charge in [0, 0.05) is 6.54 Å². The predicted molar refractivity (Wildman–Crippen MR) is 84.3 cm³/mol. The molecule has 0 aliphatic carbocycles. The van der Waals surface area contributed by atoms with Crippen LogP contribution in [0.25, 0.3) is 0 Å². The summed E-state index contributed by atoms with van der Waals surface area (Å²) in [6.07, 6.45) is 4.38. The fourth-order valence-corrected chi connectivity index (χ4v) is 3.50. The van der Waals surface area contributed by atoms with Gasteiger partial charge in [-0.25, -0.2) is 13.1 Å². The Morgan fingerprint density at radius 1 is 1.24 bits per heavy atom. The standard InChI is InChI=1S/C16H24N2O2S/c1-4-5-8-11-16(2,3)13-18-21(19,20)15-10-7-6-9-14(15)12-17/h6-7,9-10,18H,4-5,8,11,13H2,1-3H3. The second-order valence-electron chi connectivity index (χ2n) is 6.05. The van der Waals surface area contributed by atoms with Gasteiger partial charge in [-0.3, -0.25) is 0 Å². The fraction of sp³-hybridized carbons (Fsp3) is 0.562. The molecule has 0 fully saturated rings. The molecule has 0 bridgehead atoms. The monoisotopic (exact) mass is 308 g/mol. The zero-order valence-electron chi connectivity index (χ0n) is 13.0. The molecule has 5 heteroatoms. The lowest BCUT2D eigenvalue weighted by Crippen LogP contribution is -2.34. The number of hydrogen-bond donors (Lipinski definition) is 1. The van der Waals surface area contributed by atoms with Crippen LogP contribution in [0.15, 0.2) is 29.2 Å². The Kier molecular flexibility index (Phi) is 6.38. The van der Waals surface area contributed by atoms with Crippen LogP contribution < -0.4 is 4.72 Å². The van der Waals surface area contributed by atoms with Crippen molar-refractivity contribution < 1.29 is 8.42 Å². The van der Waals surface area contributed by atoms with Crippen molar-refractivity contribution in [1.29, 1.82) is 5.26 Å². The van der Waals surface area contributed by atoms with Gasteiger partial charge in [0.15, 0.2) is 0 Å². The predicted octanol–water partition coefficient (Wildman–Crippen LogP) is 3.44. The van der Waals surface area contributed by atoms with Gasteiger partial charge >= 0.3 is 0 Å². The van der Waals surface area contributed by atoms with E-state index >= 15 is 0 Å². The van der Waals surface area contributed by atoms with Crippen LogP contribution in [-0.2, 0) is 10.0 Å². The summed E-state index contributed by atoms with van der Waals surface area (Å²) >= 11 is 0.